The lowest BCUT2D eigenvalue weighted by Crippen LogP contribution is -2.41. The molecule has 0 aromatic heterocycles. The van der Waals surface area contributed by atoms with Crippen molar-refractivity contribution in [2.24, 2.45) is 0 Å². The Morgan fingerprint density at radius 3 is 2.03 bits per heavy atom. The smallest absolute Gasteiger partial charge is 0.379 e. The molecule has 0 fully saturated rings. The molecule has 0 spiro atoms. The number of rotatable bonds is 16. The molecule has 206 valence electrons. The number of amides is 1. The number of esters is 1. The number of benzene rings is 3. The molecule has 0 radical (unpaired) electrons. The molecular weight excluding hydrogens is 525 g/mol. The maximum Gasteiger partial charge on any atom is 0.379 e. The first-order valence-electron chi connectivity index (χ1n) is 12.1. The van der Waals surface area contributed by atoms with E-state index in [1.54, 1.807) is 36.4 Å². The molecule has 0 saturated heterocycles. The predicted octanol–water partition coefficient (Wildman–Crippen LogP) is 4.62. The van der Waals surface area contributed by atoms with E-state index in [0.29, 0.717) is 10.6 Å². The third kappa shape index (κ3) is 9.68. The molecule has 1 amide bonds. The molecule has 2 unspecified atom stereocenters. The van der Waals surface area contributed by atoms with E-state index in [-0.39, 0.29) is 44.4 Å². The van der Waals surface area contributed by atoms with E-state index in [0.717, 1.165) is 11.1 Å². The van der Waals surface area contributed by atoms with Crippen molar-refractivity contribution in [3.63, 3.8) is 0 Å². The van der Waals surface area contributed by atoms with Crippen LogP contribution in [-0.4, -0.2) is 47.8 Å². The number of aliphatic carboxylic acids is 1. The van der Waals surface area contributed by atoms with Gasteiger partial charge >= 0.3 is 19.5 Å². The Balaban J connectivity index is 1.54. The minimum absolute atomic E-state index is 0.0199. The fraction of sp³-hybridized carbons (Fsp3) is 0.250. The number of ether oxygens (including phenoxy) is 1. The fourth-order valence-electron chi connectivity index (χ4n) is 3.52. The summed E-state index contributed by atoms with van der Waals surface area (Å²) in [6.07, 6.45) is -0.240. The molecule has 3 aromatic carbocycles. The summed E-state index contributed by atoms with van der Waals surface area (Å²) in [4.78, 5) is 40.9. The van der Waals surface area contributed by atoms with Crippen LogP contribution in [0.2, 0.25) is 0 Å². The number of hydrogen-bond acceptors (Lipinski definition) is 8. The summed E-state index contributed by atoms with van der Waals surface area (Å²) in [6, 6.07) is 23.2. The van der Waals surface area contributed by atoms with E-state index < -0.39 is 25.6 Å². The lowest BCUT2D eigenvalue weighted by atomic mass is 10.1. The van der Waals surface area contributed by atoms with Gasteiger partial charge in [-0.25, -0.2) is 14.4 Å². The van der Waals surface area contributed by atoms with Gasteiger partial charge in [-0.1, -0.05) is 72.8 Å². The van der Waals surface area contributed by atoms with Crippen molar-refractivity contribution in [1.29, 1.82) is 0 Å². The topological polar surface area (TPSA) is 129 Å². The molecule has 39 heavy (non-hydrogen) atoms. The number of nitrogens with zero attached hydrogens (tertiary/aromatic N) is 1. The summed E-state index contributed by atoms with van der Waals surface area (Å²) in [5.41, 5.74) is 2.29. The van der Waals surface area contributed by atoms with Gasteiger partial charge in [0.15, 0.2) is 6.04 Å². The molecular formula is C28H30NO9P. The highest BCUT2D eigenvalue weighted by atomic mass is 31.2. The Morgan fingerprint density at radius 1 is 0.897 bits per heavy atom. The maximum absolute atomic E-state index is 13.2. The molecule has 0 bridgehead atoms. The van der Waals surface area contributed by atoms with Crippen LogP contribution in [0.25, 0.3) is 0 Å². The first-order valence-corrected chi connectivity index (χ1v) is 13.8. The van der Waals surface area contributed by atoms with Crippen LogP contribution in [0.15, 0.2) is 84.9 Å². The summed E-state index contributed by atoms with van der Waals surface area (Å²) >= 11 is 0. The number of carboxylic acid groups (broad SMARTS) is 1. The van der Waals surface area contributed by atoms with E-state index in [2.05, 4.69) is 0 Å². The van der Waals surface area contributed by atoms with Crippen LogP contribution >= 0.6 is 7.60 Å². The Labute approximate surface area is 226 Å². The molecule has 3 aromatic rings. The summed E-state index contributed by atoms with van der Waals surface area (Å²) in [5, 5.41) is 10.3. The minimum atomic E-state index is -3.78. The highest BCUT2D eigenvalue weighted by Gasteiger charge is 2.32. The first-order chi connectivity index (χ1) is 18.8. The lowest BCUT2D eigenvalue weighted by molar-refractivity contribution is -0.200. The first kappa shape index (κ1) is 29.6. The van der Waals surface area contributed by atoms with Gasteiger partial charge < -0.3 is 18.9 Å². The van der Waals surface area contributed by atoms with Gasteiger partial charge in [-0.15, -0.1) is 0 Å². The minimum Gasteiger partial charge on any atom is -0.480 e. The van der Waals surface area contributed by atoms with Crippen LogP contribution < -0.4 is 4.52 Å². The van der Waals surface area contributed by atoms with Gasteiger partial charge in [0.1, 0.15) is 19.0 Å². The van der Waals surface area contributed by atoms with Crippen LogP contribution in [0.4, 0.5) is 0 Å². The summed E-state index contributed by atoms with van der Waals surface area (Å²) in [5.74, 6) is -1.52. The van der Waals surface area contributed by atoms with E-state index in [4.69, 9.17) is 18.6 Å². The molecule has 0 aliphatic carbocycles. The molecule has 11 heteroatoms. The second-order valence-electron chi connectivity index (χ2n) is 8.44. The van der Waals surface area contributed by atoms with Crippen molar-refractivity contribution in [3.8, 4) is 5.75 Å². The summed E-state index contributed by atoms with van der Waals surface area (Å²) in [7, 11) is -2.59. The van der Waals surface area contributed by atoms with Crippen LogP contribution in [0.3, 0.4) is 0 Å². The normalized spacial score (nSPS) is 13.1. The average molecular weight is 556 g/mol. The van der Waals surface area contributed by atoms with Gasteiger partial charge in [-0.2, -0.15) is 0 Å². The zero-order valence-electron chi connectivity index (χ0n) is 21.4. The number of hydrogen-bond donors (Lipinski definition) is 1. The Bertz CT molecular complexity index is 1250. The summed E-state index contributed by atoms with van der Waals surface area (Å²) < 4.78 is 29.1. The van der Waals surface area contributed by atoms with E-state index in [1.165, 1.54) is 19.2 Å². The van der Waals surface area contributed by atoms with E-state index >= 15 is 0 Å². The van der Waals surface area contributed by atoms with Gasteiger partial charge in [-0.3, -0.25) is 14.4 Å². The molecule has 0 aliphatic rings. The van der Waals surface area contributed by atoms with Gasteiger partial charge in [-0.05, 0) is 35.2 Å². The highest BCUT2D eigenvalue weighted by molar-refractivity contribution is 7.54. The van der Waals surface area contributed by atoms with Crippen molar-refractivity contribution in [3.05, 3.63) is 102 Å². The Hall–Kier alpha value is -3.98. The van der Waals surface area contributed by atoms with Crippen molar-refractivity contribution in [2.75, 3.05) is 13.3 Å². The molecule has 0 aliphatic heterocycles. The lowest BCUT2D eigenvalue weighted by Gasteiger charge is -2.25. The van der Waals surface area contributed by atoms with Crippen LogP contribution in [0.1, 0.15) is 23.1 Å². The molecule has 2 atom stereocenters. The molecule has 0 heterocycles. The van der Waals surface area contributed by atoms with Crippen molar-refractivity contribution in [1.82, 2.24) is 5.06 Å². The number of carboxylic acids is 1. The van der Waals surface area contributed by atoms with Crippen LogP contribution in [0, 0.1) is 0 Å². The summed E-state index contributed by atoms with van der Waals surface area (Å²) in [6.45, 7) is 0.155. The van der Waals surface area contributed by atoms with Gasteiger partial charge in [0.05, 0.1) is 12.6 Å². The number of carbonyl (C=O) groups is 3. The molecule has 10 nitrogen and oxygen atoms in total. The van der Waals surface area contributed by atoms with E-state index in [9.17, 15) is 24.1 Å². The third-order valence-electron chi connectivity index (χ3n) is 5.63. The maximum atomic E-state index is 13.2. The van der Waals surface area contributed by atoms with E-state index in [1.807, 2.05) is 36.4 Å². The van der Waals surface area contributed by atoms with Crippen molar-refractivity contribution in [2.45, 2.75) is 32.1 Å². The van der Waals surface area contributed by atoms with Crippen LogP contribution in [-0.2, 0) is 52.7 Å². The second kappa shape index (κ2) is 14.8. The molecule has 1 N–H and O–H groups in total. The monoisotopic (exact) mass is 555 g/mol. The largest absolute Gasteiger partial charge is 0.480 e. The molecule has 3 rings (SSSR count). The predicted molar refractivity (Wildman–Crippen MR) is 142 cm³/mol. The van der Waals surface area contributed by atoms with Crippen LogP contribution in [0.5, 0.6) is 5.75 Å². The standard InChI is InChI=1S/C28H30NO9P/c1-35-39(34,17-16-26(28(32)33)29(21-30)37-20-24-10-6-3-7-11-24)38-25-14-12-22(13-15-25)18-27(31)36-19-23-8-4-2-5-9-23/h2-15,21,26H,16-20H2,1H3,(H,32,33). The third-order valence-corrected chi connectivity index (χ3v) is 7.48. The molecule has 0 saturated carbocycles. The van der Waals surface area contributed by atoms with Gasteiger partial charge in [0.25, 0.3) is 0 Å². The quantitative estimate of drug-likeness (QED) is 0.116. The van der Waals surface area contributed by atoms with Crippen molar-refractivity contribution >= 4 is 25.9 Å². The van der Waals surface area contributed by atoms with Gasteiger partial charge in [0.2, 0.25) is 6.41 Å². The SMILES string of the molecule is COP(=O)(CCC(C(=O)O)N(C=O)OCc1ccccc1)Oc1ccc(CC(=O)OCc2ccccc2)cc1. The fourth-order valence-corrected chi connectivity index (χ4v) is 4.87. The zero-order valence-corrected chi connectivity index (χ0v) is 22.3. The Kier molecular flexibility index (Phi) is 11.2. The van der Waals surface area contributed by atoms with Crippen molar-refractivity contribution < 1.29 is 42.7 Å². The number of carbonyl (C=O) groups excluding carboxylic acids is 2. The zero-order chi connectivity index (χ0) is 28.1. The van der Waals surface area contributed by atoms with Gasteiger partial charge in [0, 0.05) is 7.11 Å². The second-order valence-corrected chi connectivity index (χ2v) is 10.7. The average Bonchev–Trinajstić information content (AvgIpc) is 2.95. The Morgan fingerprint density at radius 2 is 1.49 bits per heavy atom. The number of hydroxylamine groups is 2. The highest BCUT2D eigenvalue weighted by Crippen LogP contribution is 2.48.